The van der Waals surface area contributed by atoms with Gasteiger partial charge < -0.3 is 10.1 Å². The molecule has 0 saturated carbocycles. The molecule has 0 unspecified atom stereocenters. The molecule has 128 valence electrons. The highest BCUT2D eigenvalue weighted by Gasteiger charge is 2.23. The molecule has 0 radical (unpaired) electrons. The van der Waals surface area contributed by atoms with Gasteiger partial charge in [0.1, 0.15) is 10.6 Å². The van der Waals surface area contributed by atoms with E-state index in [4.69, 9.17) is 4.74 Å². The van der Waals surface area contributed by atoms with Crippen molar-refractivity contribution in [2.24, 2.45) is 0 Å². The number of hydrogen-bond acceptors (Lipinski definition) is 4. The number of carbonyl (C=O) groups is 1. The van der Waals surface area contributed by atoms with Gasteiger partial charge in [0.15, 0.2) is 0 Å². The molecule has 0 aliphatic heterocycles. The number of anilines is 1. The Labute approximate surface area is 155 Å². The number of halogens is 1. The molecule has 0 atom stereocenters. The van der Waals surface area contributed by atoms with Crippen molar-refractivity contribution in [1.82, 2.24) is 4.31 Å². The highest BCUT2D eigenvalue weighted by Crippen LogP contribution is 2.29. The van der Waals surface area contributed by atoms with Crippen LogP contribution in [0.2, 0.25) is 0 Å². The van der Waals surface area contributed by atoms with Gasteiger partial charge in [0.2, 0.25) is 10.0 Å². The van der Waals surface area contributed by atoms with Crippen molar-refractivity contribution in [3.05, 3.63) is 51.6 Å². The SMILES string of the molecule is COc1ccc(NC(=O)c2cccc(I)c2)cc1S(=O)(=O)N(C)C. The number of hydrogen-bond donors (Lipinski definition) is 1. The Morgan fingerprint density at radius 3 is 2.46 bits per heavy atom. The van der Waals surface area contributed by atoms with Gasteiger partial charge in [0.25, 0.3) is 5.91 Å². The fourth-order valence-electron chi connectivity index (χ4n) is 1.99. The molecule has 8 heteroatoms. The summed E-state index contributed by atoms with van der Waals surface area (Å²) >= 11 is 2.12. The second-order valence-electron chi connectivity index (χ2n) is 5.12. The van der Waals surface area contributed by atoms with Crippen LogP contribution in [-0.2, 0) is 10.0 Å². The lowest BCUT2D eigenvalue weighted by Crippen LogP contribution is -2.23. The molecule has 0 saturated heterocycles. The fourth-order valence-corrected chi connectivity index (χ4v) is 3.60. The Bertz CT molecular complexity index is 866. The summed E-state index contributed by atoms with van der Waals surface area (Å²) in [6.07, 6.45) is 0. The zero-order chi connectivity index (χ0) is 17.9. The predicted molar refractivity (Wildman–Crippen MR) is 101 cm³/mol. The number of amides is 1. The zero-order valence-electron chi connectivity index (χ0n) is 13.4. The van der Waals surface area contributed by atoms with Gasteiger partial charge in [-0.3, -0.25) is 4.79 Å². The Morgan fingerprint density at radius 2 is 1.88 bits per heavy atom. The largest absolute Gasteiger partial charge is 0.495 e. The van der Waals surface area contributed by atoms with E-state index in [1.807, 2.05) is 6.07 Å². The minimum absolute atomic E-state index is 0.00422. The minimum Gasteiger partial charge on any atom is -0.495 e. The summed E-state index contributed by atoms with van der Waals surface area (Å²) in [7, 11) is 0.576. The molecule has 0 fully saturated rings. The number of nitrogens with zero attached hydrogens (tertiary/aromatic N) is 1. The molecule has 6 nitrogen and oxygen atoms in total. The first kappa shape index (κ1) is 18.7. The second kappa shape index (κ2) is 7.49. The highest BCUT2D eigenvalue weighted by molar-refractivity contribution is 14.1. The van der Waals surface area contributed by atoms with Crippen LogP contribution in [0.1, 0.15) is 10.4 Å². The molecule has 0 aliphatic carbocycles. The Kier molecular flexibility index (Phi) is 5.83. The smallest absolute Gasteiger partial charge is 0.255 e. The van der Waals surface area contributed by atoms with E-state index in [2.05, 4.69) is 27.9 Å². The molecular formula is C16H17IN2O4S. The van der Waals surface area contributed by atoms with Gasteiger partial charge in [0, 0.05) is 28.9 Å². The van der Waals surface area contributed by atoms with E-state index in [1.165, 1.54) is 33.3 Å². The molecule has 24 heavy (non-hydrogen) atoms. The number of rotatable bonds is 5. The molecule has 1 N–H and O–H groups in total. The van der Waals surface area contributed by atoms with Gasteiger partial charge in [0.05, 0.1) is 7.11 Å². The van der Waals surface area contributed by atoms with Crippen LogP contribution >= 0.6 is 22.6 Å². The van der Waals surface area contributed by atoms with Crippen LogP contribution in [0.5, 0.6) is 5.75 Å². The van der Waals surface area contributed by atoms with Gasteiger partial charge in [-0.15, -0.1) is 0 Å². The van der Waals surface area contributed by atoms with Crippen LogP contribution in [-0.4, -0.2) is 39.8 Å². The third-order valence-electron chi connectivity index (χ3n) is 3.27. The summed E-state index contributed by atoms with van der Waals surface area (Å²) in [5, 5.41) is 2.71. The van der Waals surface area contributed by atoms with Crippen LogP contribution in [0.15, 0.2) is 47.4 Å². The van der Waals surface area contributed by atoms with E-state index in [9.17, 15) is 13.2 Å². The van der Waals surface area contributed by atoms with Crippen molar-refractivity contribution < 1.29 is 17.9 Å². The molecule has 0 bridgehead atoms. The van der Waals surface area contributed by atoms with Crippen LogP contribution in [0.25, 0.3) is 0 Å². The van der Waals surface area contributed by atoms with E-state index >= 15 is 0 Å². The average Bonchev–Trinajstić information content (AvgIpc) is 2.54. The first-order valence-electron chi connectivity index (χ1n) is 6.93. The van der Waals surface area contributed by atoms with E-state index in [1.54, 1.807) is 24.3 Å². The van der Waals surface area contributed by atoms with E-state index in [-0.39, 0.29) is 16.6 Å². The lowest BCUT2D eigenvalue weighted by atomic mass is 10.2. The third-order valence-corrected chi connectivity index (χ3v) is 5.77. The third kappa shape index (κ3) is 4.05. The summed E-state index contributed by atoms with van der Waals surface area (Å²) in [6.45, 7) is 0. The van der Waals surface area contributed by atoms with Crippen molar-refractivity contribution in [2.75, 3.05) is 26.5 Å². The molecule has 2 rings (SSSR count). The molecule has 0 heterocycles. The summed E-state index contributed by atoms with van der Waals surface area (Å²) in [4.78, 5) is 12.3. The Hall–Kier alpha value is -1.65. The zero-order valence-corrected chi connectivity index (χ0v) is 16.4. The molecule has 0 aromatic heterocycles. The first-order valence-corrected chi connectivity index (χ1v) is 9.45. The molecule has 0 aliphatic rings. The summed E-state index contributed by atoms with van der Waals surface area (Å²) in [5.74, 6) is -0.0946. The van der Waals surface area contributed by atoms with Crippen molar-refractivity contribution >= 4 is 44.2 Å². The lowest BCUT2D eigenvalue weighted by molar-refractivity contribution is 0.102. The van der Waals surface area contributed by atoms with Gasteiger partial charge >= 0.3 is 0 Å². The maximum atomic E-state index is 12.4. The van der Waals surface area contributed by atoms with E-state index in [0.717, 1.165) is 7.88 Å². The highest BCUT2D eigenvalue weighted by atomic mass is 127. The van der Waals surface area contributed by atoms with Crippen LogP contribution in [0.4, 0.5) is 5.69 Å². The van der Waals surface area contributed by atoms with Gasteiger partial charge in [-0.05, 0) is 59.0 Å². The number of methoxy groups -OCH3 is 1. The van der Waals surface area contributed by atoms with Gasteiger partial charge in [-0.1, -0.05) is 6.07 Å². The molecule has 2 aromatic rings. The monoisotopic (exact) mass is 460 g/mol. The fraction of sp³-hybridized carbons (Fsp3) is 0.188. The van der Waals surface area contributed by atoms with Crippen molar-refractivity contribution in [3.8, 4) is 5.75 Å². The number of benzene rings is 2. The van der Waals surface area contributed by atoms with Crippen LogP contribution in [0.3, 0.4) is 0 Å². The summed E-state index contributed by atoms with van der Waals surface area (Å²) < 4.78 is 31.9. The van der Waals surface area contributed by atoms with Crippen LogP contribution in [0, 0.1) is 3.57 Å². The average molecular weight is 460 g/mol. The molecule has 0 spiro atoms. The normalized spacial score (nSPS) is 11.4. The standard InChI is InChI=1S/C16H17IN2O4S/c1-19(2)24(21,22)15-10-13(7-8-14(15)23-3)18-16(20)11-5-4-6-12(17)9-11/h4-10H,1-3H3,(H,18,20). The quantitative estimate of drug-likeness (QED) is 0.697. The first-order chi connectivity index (χ1) is 11.3. The van der Waals surface area contributed by atoms with E-state index < -0.39 is 10.0 Å². The van der Waals surface area contributed by atoms with Gasteiger partial charge in [-0.2, -0.15) is 0 Å². The Morgan fingerprint density at radius 1 is 1.17 bits per heavy atom. The summed E-state index contributed by atoms with van der Waals surface area (Å²) in [5.41, 5.74) is 0.870. The maximum Gasteiger partial charge on any atom is 0.255 e. The lowest BCUT2D eigenvalue weighted by Gasteiger charge is -2.16. The molecule has 2 aromatic carbocycles. The predicted octanol–water partition coefficient (Wildman–Crippen LogP) is 2.80. The minimum atomic E-state index is -3.69. The maximum absolute atomic E-state index is 12.4. The van der Waals surface area contributed by atoms with Crippen molar-refractivity contribution in [1.29, 1.82) is 0 Å². The van der Waals surface area contributed by atoms with Crippen molar-refractivity contribution in [3.63, 3.8) is 0 Å². The number of sulfonamides is 1. The van der Waals surface area contributed by atoms with Gasteiger partial charge in [-0.25, -0.2) is 12.7 Å². The number of ether oxygens (including phenoxy) is 1. The number of carbonyl (C=O) groups excluding carboxylic acids is 1. The second-order valence-corrected chi connectivity index (χ2v) is 8.48. The van der Waals surface area contributed by atoms with Crippen molar-refractivity contribution in [2.45, 2.75) is 4.90 Å². The molecular weight excluding hydrogens is 443 g/mol. The summed E-state index contributed by atoms with van der Waals surface area (Å²) in [6, 6.07) is 11.6. The van der Waals surface area contributed by atoms with Crippen LogP contribution < -0.4 is 10.1 Å². The van der Waals surface area contributed by atoms with E-state index in [0.29, 0.717) is 11.3 Å². The number of nitrogens with one attached hydrogen (secondary N) is 1. The Balaban J connectivity index is 2.37. The topological polar surface area (TPSA) is 75.7 Å². The molecule has 1 amide bonds.